The van der Waals surface area contributed by atoms with Gasteiger partial charge in [-0.25, -0.2) is 0 Å². The smallest absolute Gasteiger partial charge is 0.399 e. The highest BCUT2D eigenvalue weighted by Gasteiger charge is 2.52. The van der Waals surface area contributed by atoms with Crippen molar-refractivity contribution in [3.63, 3.8) is 0 Å². The molecular formula is C17H25BN2O3. The molecule has 1 aliphatic rings. The summed E-state index contributed by atoms with van der Waals surface area (Å²) in [5.74, 6) is 0. The van der Waals surface area contributed by atoms with Gasteiger partial charge in [-0.1, -0.05) is 19.9 Å². The van der Waals surface area contributed by atoms with Crippen molar-refractivity contribution in [3.8, 4) is 6.07 Å². The van der Waals surface area contributed by atoms with E-state index >= 15 is 0 Å². The Bertz CT molecular complexity index is 668. The van der Waals surface area contributed by atoms with Crippen molar-refractivity contribution in [3.05, 3.63) is 28.7 Å². The largest absolute Gasteiger partial charge is 0.496 e. The van der Waals surface area contributed by atoms with E-state index in [4.69, 9.17) is 9.31 Å². The fourth-order valence-electron chi connectivity index (χ4n) is 2.76. The van der Waals surface area contributed by atoms with Gasteiger partial charge in [0, 0.05) is 12.3 Å². The molecule has 0 N–H and O–H groups in total. The fraction of sp³-hybridized carbons (Fsp3) is 0.647. The van der Waals surface area contributed by atoms with E-state index in [2.05, 4.69) is 6.07 Å². The lowest BCUT2D eigenvalue weighted by atomic mass is 9.80. The van der Waals surface area contributed by atoms with Gasteiger partial charge < -0.3 is 9.31 Å². The van der Waals surface area contributed by atoms with Crippen molar-refractivity contribution >= 4 is 12.6 Å². The number of rotatable bonds is 4. The van der Waals surface area contributed by atoms with Gasteiger partial charge in [-0.15, -0.1) is 0 Å². The molecule has 1 aromatic rings. The highest BCUT2D eigenvalue weighted by molar-refractivity contribution is 6.62. The Labute approximate surface area is 138 Å². The SMILES string of the molecule is CCC(C#N)(CC)n1cc(B2OC(C)(C)C(C)(C)O2)ccc1=O. The molecule has 5 nitrogen and oxygen atoms in total. The van der Waals surface area contributed by atoms with Crippen LogP contribution < -0.4 is 11.0 Å². The quantitative estimate of drug-likeness (QED) is 0.799. The third-order valence-electron chi connectivity index (χ3n) is 5.30. The van der Waals surface area contributed by atoms with Crippen LogP contribution in [0.15, 0.2) is 23.1 Å². The van der Waals surface area contributed by atoms with E-state index in [-0.39, 0.29) is 5.56 Å². The van der Waals surface area contributed by atoms with Gasteiger partial charge >= 0.3 is 7.12 Å². The van der Waals surface area contributed by atoms with Crippen molar-refractivity contribution < 1.29 is 9.31 Å². The van der Waals surface area contributed by atoms with Gasteiger partial charge in [0.2, 0.25) is 0 Å². The summed E-state index contributed by atoms with van der Waals surface area (Å²) >= 11 is 0. The molecule has 0 amide bonds. The number of nitriles is 1. The molecule has 0 aliphatic carbocycles. The molecule has 23 heavy (non-hydrogen) atoms. The lowest BCUT2D eigenvalue weighted by Crippen LogP contribution is -2.44. The van der Waals surface area contributed by atoms with Crippen LogP contribution in [0.4, 0.5) is 0 Å². The molecule has 1 aliphatic heterocycles. The van der Waals surface area contributed by atoms with Crippen molar-refractivity contribution in [1.29, 1.82) is 5.26 Å². The first kappa shape index (κ1) is 17.8. The molecule has 0 saturated carbocycles. The maximum Gasteiger partial charge on any atom is 0.496 e. The van der Waals surface area contributed by atoms with E-state index in [1.807, 2.05) is 41.5 Å². The second kappa shape index (κ2) is 5.81. The summed E-state index contributed by atoms with van der Waals surface area (Å²) in [4.78, 5) is 12.3. The van der Waals surface area contributed by atoms with E-state index in [1.54, 1.807) is 12.3 Å². The maximum atomic E-state index is 12.3. The molecule has 0 aromatic carbocycles. The van der Waals surface area contributed by atoms with Crippen molar-refractivity contribution in [1.82, 2.24) is 4.57 Å². The summed E-state index contributed by atoms with van der Waals surface area (Å²) in [7, 11) is -0.544. The number of pyridine rings is 1. The predicted octanol–water partition coefficient (Wildman–Crippen LogP) is 2.19. The Kier molecular flexibility index (Phi) is 4.49. The Hall–Kier alpha value is -1.58. The topological polar surface area (TPSA) is 64.2 Å². The molecule has 1 saturated heterocycles. The van der Waals surface area contributed by atoms with Crippen molar-refractivity contribution in [2.45, 2.75) is 71.1 Å². The van der Waals surface area contributed by atoms with Gasteiger partial charge in [-0.2, -0.15) is 5.26 Å². The van der Waals surface area contributed by atoms with Gasteiger partial charge in [-0.05, 0) is 46.0 Å². The van der Waals surface area contributed by atoms with Crippen LogP contribution in [0.5, 0.6) is 0 Å². The zero-order valence-corrected chi connectivity index (χ0v) is 14.8. The lowest BCUT2D eigenvalue weighted by molar-refractivity contribution is 0.00578. The summed E-state index contributed by atoms with van der Waals surface area (Å²) in [6, 6.07) is 5.50. The normalized spacial score (nSPS) is 19.6. The lowest BCUT2D eigenvalue weighted by Gasteiger charge is -2.32. The second-order valence-corrected chi connectivity index (χ2v) is 7.11. The molecule has 2 rings (SSSR count). The zero-order chi connectivity index (χ0) is 17.5. The van der Waals surface area contributed by atoms with Crippen LogP contribution >= 0.6 is 0 Å². The van der Waals surface area contributed by atoms with E-state index in [1.165, 1.54) is 10.6 Å². The van der Waals surface area contributed by atoms with Gasteiger partial charge in [0.1, 0.15) is 5.54 Å². The molecule has 0 radical (unpaired) electrons. The molecule has 0 spiro atoms. The maximum absolute atomic E-state index is 12.3. The van der Waals surface area contributed by atoms with Gasteiger partial charge in [0.25, 0.3) is 5.56 Å². The second-order valence-electron chi connectivity index (χ2n) is 7.11. The first-order valence-electron chi connectivity index (χ1n) is 8.12. The highest BCUT2D eigenvalue weighted by atomic mass is 16.7. The minimum atomic E-state index is -0.837. The molecule has 0 unspecified atom stereocenters. The average Bonchev–Trinajstić information content (AvgIpc) is 2.71. The molecule has 1 aromatic heterocycles. The van der Waals surface area contributed by atoms with Gasteiger partial charge in [0.05, 0.1) is 17.3 Å². The Morgan fingerprint density at radius 3 is 2.13 bits per heavy atom. The zero-order valence-electron chi connectivity index (χ0n) is 14.8. The number of nitrogens with zero attached hydrogens (tertiary/aromatic N) is 2. The molecule has 124 valence electrons. The van der Waals surface area contributed by atoms with Crippen LogP contribution in [-0.2, 0) is 14.8 Å². The fourth-order valence-corrected chi connectivity index (χ4v) is 2.76. The summed E-state index contributed by atoms with van der Waals surface area (Å²) < 4.78 is 13.6. The van der Waals surface area contributed by atoms with Gasteiger partial charge in [-0.3, -0.25) is 9.36 Å². The Morgan fingerprint density at radius 2 is 1.70 bits per heavy atom. The first-order chi connectivity index (χ1) is 10.6. The molecule has 0 bridgehead atoms. The molecule has 6 heteroatoms. The predicted molar refractivity (Wildman–Crippen MR) is 90.6 cm³/mol. The van der Waals surface area contributed by atoms with Crippen LogP contribution in [0.1, 0.15) is 54.4 Å². The first-order valence-corrected chi connectivity index (χ1v) is 8.12. The van der Waals surface area contributed by atoms with Crippen LogP contribution in [-0.4, -0.2) is 22.9 Å². The van der Waals surface area contributed by atoms with Crippen LogP contribution in [0.2, 0.25) is 0 Å². The Balaban J connectivity index is 2.48. The number of hydrogen-bond donors (Lipinski definition) is 0. The molecule has 2 heterocycles. The third kappa shape index (κ3) is 2.84. The van der Waals surface area contributed by atoms with Crippen LogP contribution in [0, 0.1) is 11.3 Å². The monoisotopic (exact) mass is 316 g/mol. The minimum Gasteiger partial charge on any atom is -0.399 e. The minimum absolute atomic E-state index is 0.185. The standard InChI is InChI=1S/C17H25BN2O3/c1-7-17(8-2,12-19)20-11-13(9-10-14(20)21)18-22-15(3,4)16(5,6)23-18/h9-11H,7-8H2,1-6H3. The number of hydrogen-bond acceptors (Lipinski definition) is 4. The Morgan fingerprint density at radius 1 is 1.17 bits per heavy atom. The molecule has 1 fully saturated rings. The van der Waals surface area contributed by atoms with E-state index < -0.39 is 23.9 Å². The van der Waals surface area contributed by atoms with E-state index in [0.717, 1.165) is 5.46 Å². The van der Waals surface area contributed by atoms with Crippen molar-refractivity contribution in [2.75, 3.05) is 0 Å². The summed E-state index contributed by atoms with van der Waals surface area (Å²) in [6.45, 7) is 11.8. The average molecular weight is 316 g/mol. The van der Waals surface area contributed by atoms with Crippen LogP contribution in [0.25, 0.3) is 0 Å². The molecular weight excluding hydrogens is 291 g/mol. The highest BCUT2D eigenvalue weighted by Crippen LogP contribution is 2.36. The van der Waals surface area contributed by atoms with Crippen molar-refractivity contribution in [2.24, 2.45) is 0 Å². The third-order valence-corrected chi connectivity index (χ3v) is 5.30. The summed E-state index contributed by atoms with van der Waals surface area (Å²) in [5.41, 5.74) is -1.15. The molecule has 0 atom stereocenters. The number of aromatic nitrogens is 1. The van der Waals surface area contributed by atoms with E-state index in [0.29, 0.717) is 12.8 Å². The van der Waals surface area contributed by atoms with E-state index in [9.17, 15) is 10.1 Å². The summed E-state index contributed by atoms with van der Waals surface area (Å²) in [6.07, 6.45) is 2.83. The van der Waals surface area contributed by atoms with Gasteiger partial charge in [0.15, 0.2) is 0 Å². The summed E-state index contributed by atoms with van der Waals surface area (Å²) in [5, 5.41) is 9.60. The van der Waals surface area contributed by atoms with Crippen LogP contribution in [0.3, 0.4) is 0 Å².